The molecular weight excluding hydrogens is 430 g/mol. The SMILES string of the molecule is CCNC(=S)N/N=C/c1ccc(OC(=O)c2sc3ccccc3c2Cl)c(OC)c1. The lowest BCUT2D eigenvalue weighted by molar-refractivity contribution is 0.0735. The summed E-state index contributed by atoms with van der Waals surface area (Å²) in [5.74, 6) is 0.154. The highest BCUT2D eigenvalue weighted by atomic mass is 35.5. The monoisotopic (exact) mass is 447 g/mol. The van der Waals surface area contributed by atoms with Crippen LogP contribution in [-0.2, 0) is 0 Å². The maximum atomic E-state index is 12.7. The predicted molar refractivity (Wildman–Crippen MR) is 122 cm³/mol. The van der Waals surface area contributed by atoms with Gasteiger partial charge in [-0.2, -0.15) is 5.10 Å². The molecule has 2 N–H and O–H groups in total. The third-order valence-electron chi connectivity index (χ3n) is 3.83. The number of carbonyl (C=O) groups is 1. The first-order valence-electron chi connectivity index (χ1n) is 8.67. The molecule has 0 unspecified atom stereocenters. The minimum absolute atomic E-state index is 0.291. The van der Waals surface area contributed by atoms with Crippen molar-refractivity contribution in [3.8, 4) is 11.5 Å². The fraction of sp³-hybridized carbons (Fsp3) is 0.150. The number of thiophene rings is 1. The smallest absolute Gasteiger partial charge is 0.355 e. The van der Waals surface area contributed by atoms with Crippen LogP contribution in [0.15, 0.2) is 47.6 Å². The van der Waals surface area contributed by atoms with Gasteiger partial charge in [-0.3, -0.25) is 5.43 Å². The van der Waals surface area contributed by atoms with E-state index in [-0.39, 0.29) is 0 Å². The summed E-state index contributed by atoms with van der Waals surface area (Å²) >= 11 is 12.7. The van der Waals surface area contributed by atoms with Gasteiger partial charge in [-0.1, -0.05) is 29.8 Å². The standard InChI is InChI=1S/C20H18ClN3O3S2/c1-3-22-20(28)24-23-11-12-8-9-14(15(10-12)26-2)27-19(25)18-17(21)13-6-4-5-7-16(13)29-18/h4-11H,3H2,1-2H3,(H2,22,24,28)/b23-11+. The van der Waals surface area contributed by atoms with Crippen LogP contribution in [0.5, 0.6) is 11.5 Å². The summed E-state index contributed by atoms with van der Waals surface area (Å²) in [5.41, 5.74) is 3.45. The van der Waals surface area contributed by atoms with Gasteiger partial charge in [-0.05, 0) is 49.0 Å². The van der Waals surface area contributed by atoms with E-state index in [2.05, 4.69) is 15.8 Å². The van der Waals surface area contributed by atoms with Gasteiger partial charge >= 0.3 is 5.97 Å². The highest BCUT2D eigenvalue weighted by molar-refractivity contribution is 7.80. The molecule has 0 fully saturated rings. The maximum absolute atomic E-state index is 12.7. The number of hydrogen-bond acceptors (Lipinski definition) is 6. The number of halogens is 1. The number of rotatable bonds is 6. The van der Waals surface area contributed by atoms with Crippen molar-refractivity contribution in [2.24, 2.45) is 5.10 Å². The molecule has 0 aliphatic carbocycles. The number of thiocarbonyl (C=S) groups is 1. The Morgan fingerprint density at radius 3 is 2.79 bits per heavy atom. The van der Waals surface area contributed by atoms with Crippen LogP contribution >= 0.6 is 35.2 Å². The second-order valence-corrected chi connectivity index (χ2v) is 7.61. The van der Waals surface area contributed by atoms with Crippen molar-refractivity contribution in [2.75, 3.05) is 13.7 Å². The van der Waals surface area contributed by atoms with E-state index in [1.807, 2.05) is 31.2 Å². The number of benzene rings is 2. The van der Waals surface area contributed by atoms with Gasteiger partial charge in [0.1, 0.15) is 4.88 Å². The van der Waals surface area contributed by atoms with E-state index in [0.717, 1.165) is 15.6 Å². The summed E-state index contributed by atoms with van der Waals surface area (Å²) in [4.78, 5) is 13.0. The van der Waals surface area contributed by atoms with E-state index >= 15 is 0 Å². The Labute approximate surface area is 182 Å². The summed E-state index contributed by atoms with van der Waals surface area (Å²) < 4.78 is 11.8. The van der Waals surface area contributed by atoms with Crippen LogP contribution in [0.3, 0.4) is 0 Å². The number of fused-ring (bicyclic) bond motifs is 1. The maximum Gasteiger partial charge on any atom is 0.355 e. The molecule has 3 aromatic rings. The average Bonchev–Trinajstić information content (AvgIpc) is 3.06. The lowest BCUT2D eigenvalue weighted by atomic mass is 10.2. The second-order valence-electron chi connectivity index (χ2n) is 5.77. The van der Waals surface area contributed by atoms with Crippen LogP contribution in [0.1, 0.15) is 22.2 Å². The van der Waals surface area contributed by atoms with Gasteiger partial charge in [0.25, 0.3) is 0 Å². The minimum Gasteiger partial charge on any atom is -0.493 e. The van der Waals surface area contributed by atoms with E-state index in [1.54, 1.807) is 24.4 Å². The fourth-order valence-electron chi connectivity index (χ4n) is 2.51. The van der Waals surface area contributed by atoms with Gasteiger partial charge in [0.15, 0.2) is 16.6 Å². The molecule has 0 spiro atoms. The molecule has 0 amide bonds. The third-order valence-corrected chi connectivity index (χ3v) is 5.72. The normalized spacial score (nSPS) is 10.9. The van der Waals surface area contributed by atoms with Crippen LogP contribution in [0.4, 0.5) is 0 Å². The molecule has 0 radical (unpaired) electrons. The Morgan fingerprint density at radius 2 is 2.07 bits per heavy atom. The van der Waals surface area contributed by atoms with Crippen molar-refractivity contribution in [3.05, 3.63) is 57.9 Å². The van der Waals surface area contributed by atoms with Crippen LogP contribution < -0.4 is 20.2 Å². The van der Waals surface area contributed by atoms with Crippen LogP contribution in [0.25, 0.3) is 10.1 Å². The number of nitrogens with zero attached hydrogens (tertiary/aromatic N) is 1. The van der Waals surface area contributed by atoms with Crippen LogP contribution in [0.2, 0.25) is 5.02 Å². The Kier molecular flexibility index (Phi) is 7.03. The largest absolute Gasteiger partial charge is 0.493 e. The van der Waals surface area contributed by atoms with E-state index in [1.165, 1.54) is 18.4 Å². The Morgan fingerprint density at radius 1 is 1.28 bits per heavy atom. The van der Waals surface area contributed by atoms with Gasteiger partial charge < -0.3 is 14.8 Å². The van der Waals surface area contributed by atoms with Crippen LogP contribution in [-0.4, -0.2) is 31.0 Å². The molecule has 0 saturated carbocycles. The summed E-state index contributed by atoms with van der Waals surface area (Å²) in [6.07, 6.45) is 1.58. The van der Waals surface area contributed by atoms with Gasteiger partial charge in [0.05, 0.1) is 18.3 Å². The lowest BCUT2D eigenvalue weighted by Crippen LogP contribution is -2.31. The highest BCUT2D eigenvalue weighted by Crippen LogP contribution is 2.36. The zero-order valence-corrected chi connectivity index (χ0v) is 18.1. The van der Waals surface area contributed by atoms with E-state index in [9.17, 15) is 4.79 Å². The minimum atomic E-state index is -0.534. The van der Waals surface area contributed by atoms with Gasteiger partial charge in [0.2, 0.25) is 0 Å². The summed E-state index contributed by atoms with van der Waals surface area (Å²) in [6.45, 7) is 2.65. The van der Waals surface area contributed by atoms with Gasteiger partial charge in [-0.25, -0.2) is 4.79 Å². The van der Waals surface area contributed by atoms with Crippen molar-refractivity contribution < 1.29 is 14.3 Å². The number of hydrogen-bond donors (Lipinski definition) is 2. The summed E-state index contributed by atoms with van der Waals surface area (Å²) in [7, 11) is 1.50. The number of hydrazone groups is 1. The molecule has 0 aliphatic heterocycles. The lowest BCUT2D eigenvalue weighted by Gasteiger charge is -2.09. The number of ether oxygens (including phenoxy) is 2. The van der Waals surface area contributed by atoms with Crippen molar-refractivity contribution >= 4 is 62.5 Å². The van der Waals surface area contributed by atoms with Gasteiger partial charge in [0, 0.05) is 16.6 Å². The Hall–Kier alpha value is -2.68. The molecule has 6 nitrogen and oxygen atoms in total. The third kappa shape index (κ3) is 5.03. The van der Waals surface area contributed by atoms with E-state index in [0.29, 0.717) is 33.1 Å². The predicted octanol–water partition coefficient (Wildman–Crippen LogP) is 4.60. The summed E-state index contributed by atoms with van der Waals surface area (Å²) in [6, 6.07) is 12.6. The zero-order valence-electron chi connectivity index (χ0n) is 15.7. The zero-order chi connectivity index (χ0) is 20.8. The molecule has 3 rings (SSSR count). The first-order valence-corrected chi connectivity index (χ1v) is 10.3. The topological polar surface area (TPSA) is 72.0 Å². The summed E-state index contributed by atoms with van der Waals surface area (Å²) in [5, 5.41) is 8.63. The molecular formula is C20H18ClN3O3S2. The molecule has 0 aliphatic rings. The molecule has 1 heterocycles. The van der Waals surface area contributed by atoms with Crippen molar-refractivity contribution in [2.45, 2.75) is 6.92 Å². The van der Waals surface area contributed by atoms with Crippen molar-refractivity contribution in [1.82, 2.24) is 10.7 Å². The highest BCUT2D eigenvalue weighted by Gasteiger charge is 2.20. The molecule has 29 heavy (non-hydrogen) atoms. The number of nitrogens with one attached hydrogen (secondary N) is 2. The number of esters is 1. The van der Waals surface area contributed by atoms with Crippen LogP contribution in [0, 0.1) is 0 Å². The molecule has 1 aromatic heterocycles. The quantitative estimate of drug-likeness (QED) is 0.189. The number of carbonyl (C=O) groups excluding carboxylic acids is 1. The van der Waals surface area contributed by atoms with Crippen molar-refractivity contribution in [3.63, 3.8) is 0 Å². The number of methoxy groups -OCH3 is 1. The molecule has 9 heteroatoms. The van der Waals surface area contributed by atoms with E-state index in [4.69, 9.17) is 33.3 Å². The molecule has 150 valence electrons. The first-order chi connectivity index (χ1) is 14.0. The Bertz CT molecular complexity index is 1080. The van der Waals surface area contributed by atoms with Crippen molar-refractivity contribution in [1.29, 1.82) is 0 Å². The molecule has 0 atom stereocenters. The fourth-order valence-corrected chi connectivity index (χ4v) is 4.09. The average molecular weight is 448 g/mol. The molecule has 0 saturated heterocycles. The first kappa shape index (κ1) is 21.0. The second kappa shape index (κ2) is 9.69. The van der Waals surface area contributed by atoms with Gasteiger partial charge in [-0.15, -0.1) is 11.3 Å². The molecule has 2 aromatic carbocycles. The molecule has 0 bridgehead atoms. The Balaban J connectivity index is 1.76. The van der Waals surface area contributed by atoms with E-state index < -0.39 is 5.97 Å².